The van der Waals surface area contributed by atoms with E-state index in [9.17, 15) is 0 Å². The Labute approximate surface area is 127 Å². The SMILES string of the molecule is CCC1CN(CC2Cc3ccccc3S2)C(C)CCN1. The second-order valence-corrected chi connectivity index (χ2v) is 7.54. The van der Waals surface area contributed by atoms with Crippen LogP contribution in [0.15, 0.2) is 29.2 Å². The van der Waals surface area contributed by atoms with Crippen molar-refractivity contribution in [1.29, 1.82) is 0 Å². The maximum Gasteiger partial charge on any atom is 0.0263 e. The average Bonchev–Trinajstić information content (AvgIpc) is 2.78. The Morgan fingerprint density at radius 3 is 3.00 bits per heavy atom. The Kier molecular flexibility index (Phi) is 4.69. The molecule has 0 spiro atoms. The van der Waals surface area contributed by atoms with Gasteiger partial charge in [0, 0.05) is 35.3 Å². The number of rotatable bonds is 3. The van der Waals surface area contributed by atoms with Gasteiger partial charge >= 0.3 is 0 Å². The highest BCUT2D eigenvalue weighted by Gasteiger charge is 2.28. The van der Waals surface area contributed by atoms with Crippen LogP contribution in [0.3, 0.4) is 0 Å². The normalized spacial score (nSPS) is 31.0. The van der Waals surface area contributed by atoms with Gasteiger partial charge in [0.05, 0.1) is 0 Å². The quantitative estimate of drug-likeness (QED) is 0.920. The highest BCUT2D eigenvalue weighted by atomic mass is 32.2. The van der Waals surface area contributed by atoms with E-state index in [1.54, 1.807) is 5.56 Å². The molecule has 3 rings (SSSR count). The van der Waals surface area contributed by atoms with E-state index < -0.39 is 0 Å². The van der Waals surface area contributed by atoms with Crippen LogP contribution in [0.5, 0.6) is 0 Å². The third kappa shape index (κ3) is 3.21. The number of hydrogen-bond donors (Lipinski definition) is 1. The molecule has 110 valence electrons. The molecule has 2 aliphatic rings. The van der Waals surface area contributed by atoms with Crippen molar-refractivity contribution < 1.29 is 0 Å². The maximum atomic E-state index is 3.69. The smallest absolute Gasteiger partial charge is 0.0263 e. The number of fused-ring (bicyclic) bond motifs is 1. The van der Waals surface area contributed by atoms with Gasteiger partial charge in [-0.2, -0.15) is 0 Å². The van der Waals surface area contributed by atoms with Crippen molar-refractivity contribution in [1.82, 2.24) is 10.2 Å². The lowest BCUT2D eigenvalue weighted by Crippen LogP contribution is -2.42. The van der Waals surface area contributed by atoms with Crippen molar-refractivity contribution in [3.8, 4) is 0 Å². The standard InChI is InChI=1S/C17H26N2S/c1-3-15-11-19(13(2)8-9-18-15)12-16-10-14-6-4-5-7-17(14)20-16/h4-7,13,15-16,18H,3,8-12H2,1-2H3. The van der Waals surface area contributed by atoms with Crippen LogP contribution in [0.4, 0.5) is 0 Å². The zero-order valence-corrected chi connectivity index (χ0v) is 13.5. The van der Waals surface area contributed by atoms with E-state index in [2.05, 4.69) is 60.1 Å². The average molecular weight is 290 g/mol. The molecule has 0 bridgehead atoms. The third-order valence-electron chi connectivity index (χ3n) is 4.72. The first-order valence-corrected chi connectivity index (χ1v) is 8.86. The van der Waals surface area contributed by atoms with E-state index in [-0.39, 0.29) is 0 Å². The second-order valence-electron chi connectivity index (χ2n) is 6.20. The summed E-state index contributed by atoms with van der Waals surface area (Å²) in [5.74, 6) is 0. The largest absolute Gasteiger partial charge is 0.313 e. The fourth-order valence-corrected chi connectivity index (χ4v) is 4.70. The molecule has 20 heavy (non-hydrogen) atoms. The number of hydrogen-bond acceptors (Lipinski definition) is 3. The Balaban J connectivity index is 1.62. The van der Waals surface area contributed by atoms with Crippen LogP contribution >= 0.6 is 11.8 Å². The summed E-state index contributed by atoms with van der Waals surface area (Å²) in [5, 5.41) is 4.43. The maximum absolute atomic E-state index is 3.69. The number of nitrogens with one attached hydrogen (secondary N) is 1. The summed E-state index contributed by atoms with van der Waals surface area (Å²) in [6.07, 6.45) is 3.76. The third-order valence-corrected chi connectivity index (χ3v) is 6.02. The first kappa shape index (κ1) is 14.4. The van der Waals surface area contributed by atoms with Crippen molar-refractivity contribution in [3.05, 3.63) is 29.8 Å². The summed E-state index contributed by atoms with van der Waals surface area (Å²) < 4.78 is 0. The lowest BCUT2D eigenvalue weighted by molar-refractivity contribution is 0.204. The van der Waals surface area contributed by atoms with Crippen LogP contribution in [0.1, 0.15) is 32.3 Å². The summed E-state index contributed by atoms with van der Waals surface area (Å²) in [6.45, 7) is 8.32. The number of nitrogens with zero attached hydrogens (tertiary/aromatic N) is 1. The Hall–Kier alpha value is -0.510. The predicted octanol–water partition coefficient (Wildman–Crippen LogP) is 3.17. The van der Waals surface area contributed by atoms with Gasteiger partial charge in [0.1, 0.15) is 0 Å². The Bertz CT molecular complexity index is 423. The molecule has 2 heterocycles. The molecule has 1 aromatic rings. The number of thioether (sulfide) groups is 1. The minimum atomic E-state index is 0.675. The van der Waals surface area contributed by atoms with Crippen LogP contribution in [-0.4, -0.2) is 41.9 Å². The van der Waals surface area contributed by atoms with E-state index in [0.717, 1.165) is 5.25 Å². The number of benzene rings is 1. The monoisotopic (exact) mass is 290 g/mol. The molecule has 3 heteroatoms. The van der Waals surface area contributed by atoms with Crippen molar-refractivity contribution in [2.75, 3.05) is 19.6 Å². The lowest BCUT2D eigenvalue weighted by atomic mass is 10.1. The van der Waals surface area contributed by atoms with Crippen LogP contribution in [-0.2, 0) is 6.42 Å². The van der Waals surface area contributed by atoms with Crippen molar-refractivity contribution in [2.24, 2.45) is 0 Å². The van der Waals surface area contributed by atoms with Crippen LogP contribution in [0.2, 0.25) is 0 Å². The minimum Gasteiger partial charge on any atom is -0.313 e. The fraction of sp³-hybridized carbons (Fsp3) is 0.647. The van der Waals surface area contributed by atoms with Crippen molar-refractivity contribution in [2.45, 2.75) is 55.3 Å². The molecule has 0 saturated carbocycles. The minimum absolute atomic E-state index is 0.675. The second kappa shape index (κ2) is 6.50. The van der Waals surface area contributed by atoms with Gasteiger partial charge in [-0.25, -0.2) is 0 Å². The van der Waals surface area contributed by atoms with E-state index in [1.807, 2.05) is 0 Å². The van der Waals surface area contributed by atoms with E-state index in [0.29, 0.717) is 12.1 Å². The highest BCUT2D eigenvalue weighted by Crippen LogP contribution is 2.37. The van der Waals surface area contributed by atoms with Gasteiger partial charge in [-0.1, -0.05) is 25.1 Å². The topological polar surface area (TPSA) is 15.3 Å². The van der Waals surface area contributed by atoms with Crippen LogP contribution < -0.4 is 5.32 Å². The molecule has 1 N–H and O–H groups in total. The molecule has 3 unspecified atom stereocenters. The summed E-state index contributed by atoms with van der Waals surface area (Å²) >= 11 is 2.09. The first-order chi connectivity index (χ1) is 9.76. The molecule has 1 aromatic carbocycles. The van der Waals surface area contributed by atoms with E-state index in [1.165, 1.54) is 43.8 Å². The molecular weight excluding hydrogens is 264 g/mol. The molecule has 0 amide bonds. The van der Waals surface area contributed by atoms with Crippen molar-refractivity contribution >= 4 is 11.8 Å². The van der Waals surface area contributed by atoms with Gasteiger partial charge in [-0.05, 0) is 44.4 Å². The molecule has 0 aliphatic carbocycles. The lowest BCUT2D eigenvalue weighted by Gasteiger charge is -2.30. The molecule has 0 radical (unpaired) electrons. The van der Waals surface area contributed by atoms with E-state index in [4.69, 9.17) is 0 Å². The first-order valence-electron chi connectivity index (χ1n) is 7.98. The van der Waals surface area contributed by atoms with E-state index >= 15 is 0 Å². The zero-order chi connectivity index (χ0) is 13.9. The molecule has 2 nitrogen and oxygen atoms in total. The molecular formula is C17H26N2S. The summed E-state index contributed by atoms with van der Waals surface area (Å²) in [6, 6.07) is 10.3. The van der Waals surface area contributed by atoms with Gasteiger partial charge < -0.3 is 5.32 Å². The zero-order valence-electron chi connectivity index (χ0n) is 12.6. The van der Waals surface area contributed by atoms with Gasteiger partial charge in [0.2, 0.25) is 0 Å². The van der Waals surface area contributed by atoms with Crippen LogP contribution in [0.25, 0.3) is 0 Å². The molecule has 1 fully saturated rings. The molecule has 3 atom stereocenters. The summed E-state index contributed by atoms with van der Waals surface area (Å²) in [7, 11) is 0. The van der Waals surface area contributed by atoms with Crippen LogP contribution in [0, 0.1) is 0 Å². The fourth-order valence-electron chi connectivity index (χ4n) is 3.35. The van der Waals surface area contributed by atoms with Gasteiger partial charge in [0.15, 0.2) is 0 Å². The predicted molar refractivity (Wildman–Crippen MR) is 87.5 cm³/mol. The Morgan fingerprint density at radius 2 is 2.20 bits per heavy atom. The van der Waals surface area contributed by atoms with Gasteiger partial charge in [-0.15, -0.1) is 11.8 Å². The van der Waals surface area contributed by atoms with Crippen molar-refractivity contribution in [3.63, 3.8) is 0 Å². The Morgan fingerprint density at radius 1 is 1.35 bits per heavy atom. The van der Waals surface area contributed by atoms with Gasteiger partial charge in [-0.3, -0.25) is 4.90 Å². The summed E-state index contributed by atoms with van der Waals surface area (Å²) in [4.78, 5) is 4.22. The highest BCUT2D eigenvalue weighted by molar-refractivity contribution is 8.00. The van der Waals surface area contributed by atoms with Gasteiger partial charge in [0.25, 0.3) is 0 Å². The summed E-state index contributed by atoms with van der Waals surface area (Å²) in [5.41, 5.74) is 1.55. The molecule has 1 saturated heterocycles. The molecule has 0 aromatic heterocycles. The molecule has 2 aliphatic heterocycles.